The molecule has 0 spiro atoms. The van der Waals surface area contributed by atoms with Gasteiger partial charge in [-0.15, -0.1) is 0 Å². The number of carboxylic acid groups (broad SMARTS) is 1. The smallest absolute Gasteiger partial charge is 0.311 e. The van der Waals surface area contributed by atoms with Crippen molar-refractivity contribution in [1.29, 1.82) is 0 Å². The molecule has 2 rings (SSSR count). The number of para-hydroxylation sites is 1. The average molecular weight is 288 g/mol. The number of ether oxygens (including phenoxy) is 1. The third kappa shape index (κ3) is 3.81. The second-order valence-electron chi connectivity index (χ2n) is 4.69. The van der Waals surface area contributed by atoms with E-state index in [1.54, 1.807) is 6.07 Å². The Morgan fingerprint density at radius 2 is 2.00 bits per heavy atom. The molecule has 21 heavy (non-hydrogen) atoms. The van der Waals surface area contributed by atoms with Crippen LogP contribution < -0.4 is 4.74 Å². The van der Waals surface area contributed by atoms with Gasteiger partial charge in [0.25, 0.3) is 0 Å². The summed E-state index contributed by atoms with van der Waals surface area (Å²) in [6.07, 6.45) is 0.259. The van der Waals surface area contributed by atoms with Crippen molar-refractivity contribution in [2.75, 3.05) is 6.61 Å². The highest BCUT2D eigenvalue weighted by atomic mass is 19.1. The van der Waals surface area contributed by atoms with Gasteiger partial charge in [0.15, 0.2) is 0 Å². The molecule has 3 nitrogen and oxygen atoms in total. The van der Waals surface area contributed by atoms with Crippen LogP contribution in [0.1, 0.15) is 24.0 Å². The van der Waals surface area contributed by atoms with Gasteiger partial charge in [0.05, 0.1) is 12.5 Å². The first-order valence-corrected chi connectivity index (χ1v) is 6.80. The van der Waals surface area contributed by atoms with Crippen LogP contribution in [0.25, 0.3) is 0 Å². The van der Waals surface area contributed by atoms with Crippen LogP contribution in [0.5, 0.6) is 5.75 Å². The lowest BCUT2D eigenvalue weighted by molar-refractivity contribution is -0.138. The second-order valence-corrected chi connectivity index (χ2v) is 4.69. The summed E-state index contributed by atoms with van der Waals surface area (Å²) in [5.74, 6) is -1.55. The maximum Gasteiger partial charge on any atom is 0.311 e. The Labute approximate surface area is 123 Å². The Kier molecular flexibility index (Phi) is 4.93. The fourth-order valence-corrected chi connectivity index (χ4v) is 2.26. The monoisotopic (exact) mass is 288 g/mol. The van der Waals surface area contributed by atoms with E-state index in [0.29, 0.717) is 17.9 Å². The zero-order valence-electron chi connectivity index (χ0n) is 11.8. The normalized spacial score (nSPS) is 11.9. The van der Waals surface area contributed by atoms with Crippen LogP contribution in [0.4, 0.5) is 4.39 Å². The van der Waals surface area contributed by atoms with Crippen molar-refractivity contribution in [3.05, 3.63) is 65.5 Å². The van der Waals surface area contributed by atoms with Crippen LogP contribution in [0.15, 0.2) is 48.5 Å². The molecule has 0 radical (unpaired) electrons. The molecule has 0 aliphatic rings. The number of hydrogen-bond acceptors (Lipinski definition) is 2. The van der Waals surface area contributed by atoms with Gasteiger partial charge in [0, 0.05) is 0 Å². The molecule has 0 saturated heterocycles. The van der Waals surface area contributed by atoms with Crippen LogP contribution in [0, 0.1) is 5.82 Å². The molecule has 0 amide bonds. The Balaban J connectivity index is 2.31. The van der Waals surface area contributed by atoms with E-state index in [1.165, 1.54) is 18.2 Å². The molecule has 0 aromatic heterocycles. The van der Waals surface area contributed by atoms with Crippen molar-refractivity contribution in [3.63, 3.8) is 0 Å². The lowest BCUT2D eigenvalue weighted by Gasteiger charge is -2.16. The third-order valence-corrected chi connectivity index (χ3v) is 3.25. The van der Waals surface area contributed by atoms with Gasteiger partial charge < -0.3 is 9.84 Å². The van der Waals surface area contributed by atoms with Crippen molar-refractivity contribution >= 4 is 5.97 Å². The minimum Gasteiger partial charge on any atom is -0.494 e. The fourth-order valence-electron chi connectivity index (χ4n) is 2.26. The van der Waals surface area contributed by atoms with Crippen LogP contribution in [0.3, 0.4) is 0 Å². The molecule has 0 saturated carbocycles. The number of halogens is 1. The first kappa shape index (κ1) is 15.0. The van der Waals surface area contributed by atoms with Crippen LogP contribution in [0.2, 0.25) is 0 Å². The van der Waals surface area contributed by atoms with E-state index in [4.69, 9.17) is 4.74 Å². The Morgan fingerprint density at radius 3 is 2.67 bits per heavy atom. The summed E-state index contributed by atoms with van der Waals surface area (Å²) >= 11 is 0. The van der Waals surface area contributed by atoms with Gasteiger partial charge in [-0.1, -0.05) is 30.3 Å². The predicted molar refractivity (Wildman–Crippen MR) is 78.1 cm³/mol. The Morgan fingerprint density at radius 1 is 1.24 bits per heavy atom. The zero-order valence-corrected chi connectivity index (χ0v) is 11.8. The Hall–Kier alpha value is -2.36. The van der Waals surface area contributed by atoms with Gasteiger partial charge in [-0.25, -0.2) is 4.39 Å². The van der Waals surface area contributed by atoms with Gasteiger partial charge in [-0.3, -0.25) is 4.79 Å². The highest BCUT2D eigenvalue weighted by molar-refractivity contribution is 5.76. The molecule has 0 bridgehead atoms. The molecule has 0 aliphatic heterocycles. The van der Waals surface area contributed by atoms with E-state index in [2.05, 4.69) is 0 Å². The van der Waals surface area contributed by atoms with Gasteiger partial charge >= 0.3 is 5.97 Å². The van der Waals surface area contributed by atoms with Crippen LogP contribution >= 0.6 is 0 Å². The molecular formula is C17H17FO3. The topological polar surface area (TPSA) is 46.5 Å². The first-order chi connectivity index (χ1) is 10.1. The molecule has 0 heterocycles. The van der Waals surface area contributed by atoms with Gasteiger partial charge in [0.1, 0.15) is 11.6 Å². The summed E-state index contributed by atoms with van der Waals surface area (Å²) in [4.78, 5) is 11.5. The van der Waals surface area contributed by atoms with Crippen LogP contribution in [-0.2, 0) is 11.2 Å². The first-order valence-electron chi connectivity index (χ1n) is 6.80. The van der Waals surface area contributed by atoms with E-state index in [0.717, 1.165) is 5.56 Å². The van der Waals surface area contributed by atoms with Crippen molar-refractivity contribution in [1.82, 2.24) is 0 Å². The van der Waals surface area contributed by atoms with Gasteiger partial charge in [-0.2, -0.15) is 0 Å². The number of hydrogen-bond donors (Lipinski definition) is 1. The molecule has 1 atom stereocenters. The Bertz CT molecular complexity index is 625. The zero-order chi connectivity index (χ0) is 15.2. The predicted octanol–water partition coefficient (Wildman–Crippen LogP) is 3.64. The number of benzene rings is 2. The minimum absolute atomic E-state index is 0.259. The summed E-state index contributed by atoms with van der Waals surface area (Å²) < 4.78 is 18.8. The lowest BCUT2D eigenvalue weighted by Crippen LogP contribution is -2.15. The summed E-state index contributed by atoms with van der Waals surface area (Å²) in [5.41, 5.74) is 1.25. The number of carbonyl (C=O) groups is 1. The maximum atomic E-state index is 13.3. The molecule has 2 aromatic carbocycles. The van der Waals surface area contributed by atoms with Crippen molar-refractivity contribution in [2.45, 2.75) is 19.3 Å². The summed E-state index contributed by atoms with van der Waals surface area (Å²) in [6, 6.07) is 13.0. The van der Waals surface area contributed by atoms with E-state index in [9.17, 15) is 14.3 Å². The molecule has 2 aromatic rings. The summed E-state index contributed by atoms with van der Waals surface area (Å²) in [7, 11) is 0. The van der Waals surface area contributed by atoms with E-state index in [1.807, 2.05) is 31.2 Å². The second kappa shape index (κ2) is 6.88. The molecule has 4 heteroatoms. The molecule has 0 fully saturated rings. The minimum atomic E-state index is -0.980. The highest BCUT2D eigenvalue weighted by Crippen LogP contribution is 2.27. The molecular weight excluding hydrogens is 271 g/mol. The number of rotatable bonds is 6. The molecule has 1 unspecified atom stereocenters. The maximum absolute atomic E-state index is 13.3. The quantitative estimate of drug-likeness (QED) is 0.882. The fraction of sp³-hybridized carbons (Fsp3) is 0.235. The van der Waals surface area contributed by atoms with Gasteiger partial charge in [-0.05, 0) is 42.7 Å². The molecule has 1 N–H and O–H groups in total. The highest BCUT2D eigenvalue weighted by Gasteiger charge is 2.22. The van der Waals surface area contributed by atoms with Crippen molar-refractivity contribution < 1.29 is 19.0 Å². The molecule has 0 aliphatic carbocycles. The van der Waals surface area contributed by atoms with Gasteiger partial charge in [0.2, 0.25) is 0 Å². The average Bonchev–Trinajstić information content (AvgIpc) is 2.46. The van der Waals surface area contributed by atoms with E-state index in [-0.39, 0.29) is 6.42 Å². The van der Waals surface area contributed by atoms with Crippen molar-refractivity contribution in [2.24, 2.45) is 0 Å². The van der Waals surface area contributed by atoms with E-state index >= 15 is 0 Å². The largest absolute Gasteiger partial charge is 0.494 e. The van der Waals surface area contributed by atoms with Crippen molar-refractivity contribution in [3.8, 4) is 5.75 Å². The number of aliphatic carboxylic acids is 1. The summed E-state index contributed by atoms with van der Waals surface area (Å²) in [5, 5.41) is 9.44. The summed E-state index contributed by atoms with van der Waals surface area (Å²) in [6.45, 7) is 2.38. The van der Waals surface area contributed by atoms with Crippen LogP contribution in [-0.4, -0.2) is 17.7 Å². The molecule has 110 valence electrons. The standard InChI is InChI=1S/C17H17FO3/c1-2-21-16-9-4-3-6-13(16)11-15(17(19)20)12-7-5-8-14(18)10-12/h3-10,15H,2,11H2,1H3,(H,19,20). The number of carboxylic acids is 1. The SMILES string of the molecule is CCOc1ccccc1CC(C(=O)O)c1cccc(F)c1. The lowest BCUT2D eigenvalue weighted by atomic mass is 9.91. The van der Waals surface area contributed by atoms with E-state index < -0.39 is 17.7 Å². The third-order valence-electron chi connectivity index (χ3n) is 3.25.